The largest absolute Gasteiger partial charge is 0.463 e. The summed E-state index contributed by atoms with van der Waals surface area (Å²) >= 11 is 7.22. The highest BCUT2D eigenvalue weighted by Gasteiger charge is 2.33. The van der Waals surface area contributed by atoms with Crippen molar-refractivity contribution in [2.75, 3.05) is 12.4 Å². The molecular weight excluding hydrogens is 430 g/mol. The lowest BCUT2D eigenvalue weighted by Crippen LogP contribution is -2.46. The molecular formula is C19H22ClN5O4S. The number of rotatable bonds is 8. The van der Waals surface area contributed by atoms with Crippen LogP contribution in [-0.4, -0.2) is 39.1 Å². The summed E-state index contributed by atoms with van der Waals surface area (Å²) in [5.74, 6) is -0.312. The van der Waals surface area contributed by atoms with E-state index in [-0.39, 0.29) is 18.0 Å². The molecule has 1 aromatic carbocycles. The van der Waals surface area contributed by atoms with Gasteiger partial charge in [-0.15, -0.1) is 5.10 Å². The summed E-state index contributed by atoms with van der Waals surface area (Å²) in [6.07, 6.45) is 0.767. The number of amides is 2. The van der Waals surface area contributed by atoms with Crippen molar-refractivity contribution in [3.8, 4) is 0 Å². The fraction of sp³-hybridized carbons (Fsp3) is 0.368. The topological polar surface area (TPSA) is 118 Å². The van der Waals surface area contributed by atoms with E-state index in [4.69, 9.17) is 16.3 Å². The van der Waals surface area contributed by atoms with Gasteiger partial charge in [0.15, 0.2) is 5.16 Å². The van der Waals surface area contributed by atoms with Crippen molar-refractivity contribution >= 4 is 35.4 Å². The molecule has 0 bridgehead atoms. The number of hydrogen-bond acceptors (Lipinski definition) is 6. The lowest BCUT2D eigenvalue weighted by atomic mass is 9.95. The highest BCUT2D eigenvalue weighted by atomic mass is 35.5. The number of carbonyl (C=O) groups excluding carboxylic acids is 2. The first kappa shape index (κ1) is 22.0. The van der Waals surface area contributed by atoms with Gasteiger partial charge >= 0.3 is 17.7 Å². The molecule has 1 aliphatic heterocycles. The van der Waals surface area contributed by atoms with E-state index in [0.717, 1.165) is 6.42 Å². The molecule has 1 unspecified atom stereocenters. The van der Waals surface area contributed by atoms with Crippen molar-refractivity contribution in [3.63, 3.8) is 0 Å². The highest BCUT2D eigenvalue weighted by Crippen LogP contribution is 2.30. The van der Waals surface area contributed by atoms with E-state index in [0.29, 0.717) is 33.6 Å². The Morgan fingerprint density at radius 2 is 2.00 bits per heavy atom. The van der Waals surface area contributed by atoms with Crippen molar-refractivity contribution in [2.24, 2.45) is 0 Å². The average molecular weight is 452 g/mol. The van der Waals surface area contributed by atoms with E-state index in [9.17, 15) is 14.4 Å². The number of hydrogen-bond donors (Lipinski definition) is 3. The number of nitrogens with one attached hydrogen (secondary N) is 3. The number of nitrogens with zero attached hydrogens (tertiary/aromatic N) is 2. The lowest BCUT2D eigenvalue weighted by molar-refractivity contribution is -0.139. The quantitative estimate of drug-likeness (QED) is 0.419. The molecule has 9 nitrogen and oxygen atoms in total. The van der Waals surface area contributed by atoms with Gasteiger partial charge < -0.3 is 15.4 Å². The molecule has 0 radical (unpaired) electrons. The molecule has 2 amide bonds. The SMILES string of the molecule is CCCn1c(SCC2=C(C(=O)OCC)C(c3ccc(Cl)cc3)NC(=O)N2)n[nH]c1=O. The van der Waals surface area contributed by atoms with Gasteiger partial charge in [0.25, 0.3) is 0 Å². The Morgan fingerprint density at radius 1 is 1.27 bits per heavy atom. The smallest absolute Gasteiger partial charge is 0.343 e. The second-order valence-corrected chi connectivity index (χ2v) is 7.83. The lowest BCUT2D eigenvalue weighted by Gasteiger charge is -2.29. The first-order valence-electron chi connectivity index (χ1n) is 9.45. The summed E-state index contributed by atoms with van der Waals surface area (Å²) in [5, 5.41) is 13.0. The van der Waals surface area contributed by atoms with Gasteiger partial charge in [0.05, 0.1) is 18.2 Å². The summed E-state index contributed by atoms with van der Waals surface area (Å²) in [5.41, 5.74) is 1.10. The number of thioether (sulfide) groups is 1. The van der Waals surface area contributed by atoms with Crippen molar-refractivity contribution in [1.82, 2.24) is 25.4 Å². The number of halogens is 1. The second kappa shape index (κ2) is 9.86. The van der Waals surface area contributed by atoms with Crippen LogP contribution in [0.25, 0.3) is 0 Å². The first-order valence-corrected chi connectivity index (χ1v) is 10.8. The van der Waals surface area contributed by atoms with Crippen LogP contribution < -0.4 is 16.3 Å². The second-order valence-electron chi connectivity index (χ2n) is 6.45. The Morgan fingerprint density at radius 3 is 2.67 bits per heavy atom. The van der Waals surface area contributed by atoms with E-state index >= 15 is 0 Å². The maximum absolute atomic E-state index is 12.8. The van der Waals surface area contributed by atoms with Gasteiger partial charge in [0, 0.05) is 23.0 Å². The molecule has 11 heteroatoms. The Balaban J connectivity index is 1.96. The zero-order chi connectivity index (χ0) is 21.7. The van der Waals surface area contributed by atoms with E-state index < -0.39 is 18.0 Å². The van der Waals surface area contributed by atoms with Crippen molar-refractivity contribution in [3.05, 3.63) is 56.6 Å². The fourth-order valence-electron chi connectivity index (χ4n) is 3.06. The molecule has 30 heavy (non-hydrogen) atoms. The van der Waals surface area contributed by atoms with Crippen LogP contribution in [0.15, 0.2) is 45.5 Å². The first-order chi connectivity index (χ1) is 14.4. The molecule has 0 saturated heterocycles. The number of benzene rings is 1. The van der Waals surface area contributed by atoms with Crippen molar-refractivity contribution in [2.45, 2.75) is 38.0 Å². The molecule has 0 saturated carbocycles. The van der Waals surface area contributed by atoms with Crippen LogP contribution >= 0.6 is 23.4 Å². The minimum Gasteiger partial charge on any atom is -0.463 e. The van der Waals surface area contributed by atoms with Crippen LogP contribution in [0.5, 0.6) is 0 Å². The molecule has 3 rings (SSSR count). The summed E-state index contributed by atoms with van der Waals surface area (Å²) in [6.45, 7) is 4.38. The predicted octanol–water partition coefficient (Wildman–Crippen LogP) is 2.60. The van der Waals surface area contributed by atoms with Gasteiger partial charge in [0.1, 0.15) is 0 Å². The molecule has 2 aromatic rings. The third-order valence-electron chi connectivity index (χ3n) is 4.37. The van der Waals surface area contributed by atoms with Crippen LogP contribution in [0.1, 0.15) is 31.9 Å². The van der Waals surface area contributed by atoms with Gasteiger partial charge in [-0.2, -0.15) is 0 Å². The summed E-state index contributed by atoms with van der Waals surface area (Å²) < 4.78 is 6.76. The van der Waals surface area contributed by atoms with Crippen LogP contribution in [0.2, 0.25) is 5.02 Å². The van der Waals surface area contributed by atoms with Crippen LogP contribution in [0.4, 0.5) is 4.79 Å². The fourth-order valence-corrected chi connectivity index (χ4v) is 4.13. The van der Waals surface area contributed by atoms with Crippen LogP contribution in [0, 0.1) is 0 Å². The number of carbonyl (C=O) groups is 2. The molecule has 2 heterocycles. The normalized spacial score (nSPS) is 16.2. The predicted molar refractivity (Wildman–Crippen MR) is 113 cm³/mol. The van der Waals surface area contributed by atoms with Gasteiger partial charge in [-0.05, 0) is 31.0 Å². The molecule has 0 aliphatic carbocycles. The minimum atomic E-state index is -0.692. The zero-order valence-corrected chi connectivity index (χ0v) is 18.1. The number of esters is 1. The van der Waals surface area contributed by atoms with E-state index in [1.807, 2.05) is 6.92 Å². The van der Waals surface area contributed by atoms with E-state index in [2.05, 4.69) is 20.8 Å². The maximum atomic E-state index is 12.8. The highest BCUT2D eigenvalue weighted by molar-refractivity contribution is 7.99. The van der Waals surface area contributed by atoms with Crippen molar-refractivity contribution < 1.29 is 14.3 Å². The van der Waals surface area contributed by atoms with E-state index in [1.165, 1.54) is 16.3 Å². The molecule has 0 spiro atoms. The standard InChI is InChI=1S/C19H22ClN5O4S/c1-3-9-25-18(28)23-24-19(25)30-10-13-14(16(26)29-4-2)15(22-17(27)21-13)11-5-7-12(20)8-6-11/h5-8,15H,3-4,9-10H2,1-2H3,(H,23,28)(H2,21,22,27). The Kier molecular flexibility index (Phi) is 7.22. The third kappa shape index (κ3) is 4.88. The molecule has 3 N–H and O–H groups in total. The van der Waals surface area contributed by atoms with Gasteiger partial charge in [-0.1, -0.05) is 42.4 Å². The van der Waals surface area contributed by atoms with Crippen LogP contribution in [0.3, 0.4) is 0 Å². The van der Waals surface area contributed by atoms with Crippen LogP contribution in [-0.2, 0) is 16.1 Å². The summed E-state index contributed by atoms with van der Waals surface area (Å²) in [4.78, 5) is 37.0. The number of aromatic nitrogens is 3. The summed E-state index contributed by atoms with van der Waals surface area (Å²) in [6, 6.07) is 5.74. The van der Waals surface area contributed by atoms with Gasteiger partial charge in [0.2, 0.25) is 0 Å². The summed E-state index contributed by atoms with van der Waals surface area (Å²) in [7, 11) is 0. The molecule has 160 valence electrons. The number of aromatic amines is 1. The Hall–Kier alpha value is -2.72. The Labute approximate surface area is 182 Å². The number of ether oxygens (including phenoxy) is 1. The Bertz CT molecular complexity index is 1010. The van der Waals surface area contributed by atoms with Gasteiger partial charge in [-0.3, -0.25) is 4.57 Å². The van der Waals surface area contributed by atoms with E-state index in [1.54, 1.807) is 31.2 Å². The molecule has 1 aliphatic rings. The molecule has 0 fully saturated rings. The minimum absolute atomic E-state index is 0.194. The monoisotopic (exact) mass is 451 g/mol. The van der Waals surface area contributed by atoms with Crippen molar-refractivity contribution in [1.29, 1.82) is 0 Å². The number of urea groups is 1. The molecule has 1 aromatic heterocycles. The number of H-pyrrole nitrogens is 1. The molecule has 1 atom stereocenters. The zero-order valence-electron chi connectivity index (χ0n) is 16.5. The maximum Gasteiger partial charge on any atom is 0.343 e. The third-order valence-corrected chi connectivity index (χ3v) is 5.62. The average Bonchev–Trinajstić information content (AvgIpc) is 3.06. The van der Waals surface area contributed by atoms with Gasteiger partial charge in [-0.25, -0.2) is 19.5 Å².